The minimum atomic E-state index is -1.02. The molecule has 0 aromatic heterocycles. The number of carbonyl (C=O) groups is 1. The normalized spacial score (nSPS) is 18.7. The van der Waals surface area contributed by atoms with E-state index >= 15 is 0 Å². The van der Waals surface area contributed by atoms with Crippen LogP contribution < -0.4 is 9.47 Å². The van der Waals surface area contributed by atoms with E-state index in [0.29, 0.717) is 30.1 Å². The van der Waals surface area contributed by atoms with Crippen LogP contribution in [0.25, 0.3) is 0 Å². The van der Waals surface area contributed by atoms with Crippen LogP contribution in [0.15, 0.2) is 59.5 Å². The monoisotopic (exact) mass is 487 g/mol. The summed E-state index contributed by atoms with van der Waals surface area (Å²) in [7, 11) is -1.02. The Morgan fingerprint density at radius 1 is 1.17 bits per heavy atom. The van der Waals surface area contributed by atoms with Gasteiger partial charge in [0.2, 0.25) is 0 Å². The van der Waals surface area contributed by atoms with Gasteiger partial charge in [-0.3, -0.25) is 9.00 Å². The molecule has 5 rings (SSSR count). The second-order valence-corrected chi connectivity index (χ2v) is 10.4. The van der Waals surface area contributed by atoms with Gasteiger partial charge in [-0.1, -0.05) is 24.3 Å². The zero-order chi connectivity index (χ0) is 24.5. The molecule has 35 heavy (non-hydrogen) atoms. The van der Waals surface area contributed by atoms with E-state index in [1.165, 1.54) is 0 Å². The number of aliphatic carboxylic acids is 1. The summed E-state index contributed by atoms with van der Waals surface area (Å²) in [5.41, 5.74) is 5.93. The number of nitriles is 1. The molecular weight excluding hydrogens is 462 g/mol. The number of nitrogens with zero attached hydrogens (tertiary/aromatic N) is 1. The first-order valence-electron chi connectivity index (χ1n) is 11.5. The topological polar surface area (TPSA) is 96.6 Å². The number of fused-ring (bicyclic) bond motifs is 2. The van der Waals surface area contributed by atoms with E-state index in [-0.39, 0.29) is 18.4 Å². The number of ether oxygens (including phenoxy) is 2. The molecule has 0 fully saturated rings. The van der Waals surface area contributed by atoms with Crippen molar-refractivity contribution in [3.63, 3.8) is 0 Å². The second kappa shape index (κ2) is 9.55. The molecule has 3 atom stereocenters. The SMILES string of the molecule is CS(=O)c1ccc(Cc2c(C#N)ccc3c2CC[C@H]3Oc2ccc3c(c2)OCC3CC(=O)O)cc1. The zero-order valence-electron chi connectivity index (χ0n) is 19.3. The number of hydrogen-bond donors (Lipinski definition) is 1. The molecule has 0 spiro atoms. The highest BCUT2D eigenvalue weighted by atomic mass is 32.2. The van der Waals surface area contributed by atoms with Gasteiger partial charge < -0.3 is 14.6 Å². The van der Waals surface area contributed by atoms with Gasteiger partial charge in [-0.15, -0.1) is 0 Å². The fourth-order valence-electron chi connectivity index (χ4n) is 5.05. The second-order valence-electron chi connectivity index (χ2n) is 9.00. The third-order valence-corrected chi connectivity index (χ3v) is 7.73. The van der Waals surface area contributed by atoms with E-state index in [1.54, 1.807) is 6.26 Å². The van der Waals surface area contributed by atoms with Crippen LogP contribution >= 0.6 is 0 Å². The van der Waals surface area contributed by atoms with Gasteiger partial charge in [0.25, 0.3) is 0 Å². The molecule has 0 radical (unpaired) electrons. The van der Waals surface area contributed by atoms with Crippen molar-refractivity contribution in [2.24, 2.45) is 0 Å². The van der Waals surface area contributed by atoms with Gasteiger partial charge in [0.1, 0.15) is 17.6 Å². The van der Waals surface area contributed by atoms with Crippen LogP contribution in [-0.2, 0) is 28.4 Å². The zero-order valence-corrected chi connectivity index (χ0v) is 20.1. The summed E-state index contributed by atoms with van der Waals surface area (Å²) < 4.78 is 23.8. The van der Waals surface area contributed by atoms with Crippen molar-refractivity contribution >= 4 is 16.8 Å². The van der Waals surface area contributed by atoms with Crippen molar-refractivity contribution in [2.45, 2.75) is 42.6 Å². The van der Waals surface area contributed by atoms with Crippen molar-refractivity contribution in [3.05, 3.63) is 88.0 Å². The molecule has 0 saturated heterocycles. The highest BCUT2D eigenvalue weighted by molar-refractivity contribution is 7.84. The van der Waals surface area contributed by atoms with Gasteiger partial charge >= 0.3 is 5.97 Å². The lowest BCUT2D eigenvalue weighted by Gasteiger charge is -2.17. The van der Waals surface area contributed by atoms with E-state index in [1.807, 2.05) is 54.6 Å². The molecule has 2 aliphatic rings. The molecule has 178 valence electrons. The summed E-state index contributed by atoms with van der Waals surface area (Å²) >= 11 is 0. The Morgan fingerprint density at radius 3 is 2.66 bits per heavy atom. The maximum atomic E-state index is 11.7. The van der Waals surface area contributed by atoms with Crippen LogP contribution in [0.1, 0.15) is 58.2 Å². The van der Waals surface area contributed by atoms with Crippen molar-refractivity contribution in [1.29, 1.82) is 5.26 Å². The summed E-state index contributed by atoms with van der Waals surface area (Å²) in [6.07, 6.45) is 3.85. The number of hydrogen-bond acceptors (Lipinski definition) is 5. The molecule has 7 heteroatoms. The lowest BCUT2D eigenvalue weighted by molar-refractivity contribution is -0.137. The molecule has 0 amide bonds. The fraction of sp³-hybridized carbons (Fsp3) is 0.286. The fourth-order valence-corrected chi connectivity index (χ4v) is 5.56. The van der Waals surface area contributed by atoms with Crippen LogP contribution in [0, 0.1) is 11.3 Å². The molecule has 0 bridgehead atoms. The molecule has 2 unspecified atom stereocenters. The molecule has 6 nitrogen and oxygen atoms in total. The molecule has 1 heterocycles. The molecule has 0 saturated carbocycles. The van der Waals surface area contributed by atoms with Gasteiger partial charge in [-0.25, -0.2) is 0 Å². The van der Waals surface area contributed by atoms with Crippen LogP contribution in [-0.4, -0.2) is 28.1 Å². The van der Waals surface area contributed by atoms with Crippen molar-refractivity contribution in [3.8, 4) is 17.6 Å². The van der Waals surface area contributed by atoms with Gasteiger partial charge in [-0.05, 0) is 65.8 Å². The quantitative estimate of drug-likeness (QED) is 0.509. The Morgan fingerprint density at radius 2 is 1.94 bits per heavy atom. The van der Waals surface area contributed by atoms with E-state index in [4.69, 9.17) is 14.6 Å². The maximum Gasteiger partial charge on any atom is 0.304 e. The number of benzene rings is 3. The lowest BCUT2D eigenvalue weighted by atomic mass is 9.92. The Kier molecular flexibility index (Phi) is 6.31. The first kappa shape index (κ1) is 23.1. The average Bonchev–Trinajstić information content (AvgIpc) is 3.43. The average molecular weight is 488 g/mol. The van der Waals surface area contributed by atoms with Crippen LogP contribution in [0.2, 0.25) is 0 Å². The third-order valence-electron chi connectivity index (χ3n) is 6.79. The lowest BCUT2D eigenvalue weighted by Crippen LogP contribution is -2.07. The van der Waals surface area contributed by atoms with Crippen LogP contribution in [0.5, 0.6) is 11.5 Å². The molecule has 1 N–H and O–H groups in total. The van der Waals surface area contributed by atoms with E-state index in [0.717, 1.165) is 45.6 Å². The minimum absolute atomic E-state index is 0.0479. The highest BCUT2D eigenvalue weighted by Crippen LogP contribution is 2.42. The Hall–Kier alpha value is -3.63. The smallest absolute Gasteiger partial charge is 0.304 e. The molecule has 1 aliphatic carbocycles. The Balaban J connectivity index is 1.38. The summed E-state index contributed by atoms with van der Waals surface area (Å²) in [6.45, 7) is 0.368. The van der Waals surface area contributed by atoms with Crippen molar-refractivity contribution in [1.82, 2.24) is 0 Å². The number of carboxylic acid groups (broad SMARTS) is 1. The maximum absolute atomic E-state index is 11.7. The predicted molar refractivity (Wildman–Crippen MR) is 131 cm³/mol. The Labute approximate surface area is 206 Å². The third kappa shape index (κ3) is 4.67. The van der Waals surface area contributed by atoms with Crippen LogP contribution in [0.4, 0.5) is 0 Å². The van der Waals surface area contributed by atoms with Crippen LogP contribution in [0.3, 0.4) is 0 Å². The summed E-state index contributed by atoms with van der Waals surface area (Å²) in [5.74, 6) is 0.399. The van der Waals surface area contributed by atoms with Gasteiger partial charge in [0.15, 0.2) is 0 Å². The first-order valence-corrected chi connectivity index (χ1v) is 13.1. The van der Waals surface area contributed by atoms with Crippen molar-refractivity contribution < 1.29 is 23.6 Å². The first-order chi connectivity index (χ1) is 16.9. The standard InChI is InChI=1S/C28H25NO5S/c1-35(32)21-6-2-17(3-7-21)12-25-18(15-29)4-8-24-23(25)10-11-26(24)34-20-5-9-22-19(13-28(30)31)16-33-27(22)14-20/h2-9,14,19,26H,10-13,16H2,1H3,(H,30,31)/t19?,26-,35?/m1/s1. The Bertz CT molecular complexity index is 1360. The summed E-state index contributed by atoms with van der Waals surface area (Å²) in [6, 6.07) is 19.5. The summed E-state index contributed by atoms with van der Waals surface area (Å²) in [4.78, 5) is 11.9. The molecular formula is C28H25NO5S. The number of rotatable bonds is 7. The molecule has 3 aromatic rings. The highest BCUT2D eigenvalue weighted by Gasteiger charge is 2.30. The molecule has 1 aliphatic heterocycles. The van der Waals surface area contributed by atoms with Gasteiger partial charge in [-0.2, -0.15) is 5.26 Å². The van der Waals surface area contributed by atoms with Gasteiger partial charge in [0, 0.05) is 39.5 Å². The van der Waals surface area contributed by atoms with E-state index in [9.17, 15) is 14.3 Å². The minimum Gasteiger partial charge on any atom is -0.492 e. The van der Waals surface area contributed by atoms with E-state index < -0.39 is 16.8 Å². The van der Waals surface area contributed by atoms with Gasteiger partial charge in [0.05, 0.1) is 24.7 Å². The predicted octanol–water partition coefficient (Wildman–Crippen LogP) is 4.90. The van der Waals surface area contributed by atoms with Crippen molar-refractivity contribution in [2.75, 3.05) is 12.9 Å². The van der Waals surface area contributed by atoms with E-state index in [2.05, 4.69) is 6.07 Å². The largest absolute Gasteiger partial charge is 0.492 e. The molecule has 3 aromatic carbocycles. The summed E-state index contributed by atoms with van der Waals surface area (Å²) in [5, 5.41) is 18.9. The number of carboxylic acids is 1.